The van der Waals surface area contributed by atoms with Crippen LogP contribution in [0.3, 0.4) is 0 Å². The molecule has 1 aliphatic heterocycles. The summed E-state index contributed by atoms with van der Waals surface area (Å²) < 4.78 is 13.1. The molecule has 2 N–H and O–H groups in total. The van der Waals surface area contributed by atoms with Gasteiger partial charge in [-0.3, -0.25) is 9.59 Å². The fraction of sp³-hybridized carbons (Fsp3) is 0.240. The zero-order valence-corrected chi connectivity index (χ0v) is 19.5. The number of carbonyl (C=O) groups excluding carboxylic acids is 2. The molecule has 1 aromatic heterocycles. The number of halogens is 2. The Hall–Kier alpha value is -3.49. The molecular formula is C25H25ClFN5O2. The van der Waals surface area contributed by atoms with Gasteiger partial charge in [0, 0.05) is 43.6 Å². The number of aromatic nitrogens is 1. The number of carbonyl (C=O) groups is 2. The highest BCUT2D eigenvalue weighted by molar-refractivity contribution is 6.34. The van der Waals surface area contributed by atoms with Crippen LogP contribution in [0.5, 0.6) is 0 Å². The summed E-state index contributed by atoms with van der Waals surface area (Å²) in [6.45, 7) is 7.01. The minimum atomic E-state index is -0.440. The molecule has 176 valence electrons. The number of hydrogen-bond donors (Lipinski definition) is 2. The van der Waals surface area contributed by atoms with E-state index in [4.69, 9.17) is 11.6 Å². The molecule has 34 heavy (non-hydrogen) atoms. The molecule has 2 aromatic carbocycles. The summed E-state index contributed by atoms with van der Waals surface area (Å²) >= 11 is 6.21. The summed E-state index contributed by atoms with van der Waals surface area (Å²) in [4.78, 5) is 34.2. The molecule has 9 heteroatoms. The first-order valence-corrected chi connectivity index (χ1v) is 11.4. The number of rotatable bonds is 6. The maximum absolute atomic E-state index is 13.1. The van der Waals surface area contributed by atoms with Crippen LogP contribution in [-0.4, -0.2) is 54.4 Å². The van der Waals surface area contributed by atoms with E-state index in [9.17, 15) is 14.0 Å². The standard InChI is InChI=1S/C25H25ClFN5O2/c1-2-31-11-13-32(14-12-31)23-10-5-18(16-28-23)25(34)29-20-8-9-21(26)22(15-20)30-24(33)17-3-6-19(27)7-4-17/h3-10,15-16H,2,11-14H2,1H3,(H,29,34)(H,30,33). The molecule has 4 rings (SSSR count). The van der Waals surface area contributed by atoms with Gasteiger partial charge in [-0.15, -0.1) is 0 Å². The van der Waals surface area contributed by atoms with E-state index in [1.165, 1.54) is 24.3 Å². The quantitative estimate of drug-likeness (QED) is 0.541. The van der Waals surface area contributed by atoms with Crippen LogP contribution in [0.25, 0.3) is 0 Å². The number of piperazine rings is 1. The molecule has 0 unspecified atom stereocenters. The third-order valence-electron chi connectivity index (χ3n) is 5.73. The predicted molar refractivity (Wildman–Crippen MR) is 132 cm³/mol. The third kappa shape index (κ3) is 5.70. The number of likely N-dealkylation sites (N-methyl/N-ethyl adjacent to an activating group) is 1. The van der Waals surface area contributed by atoms with Crippen LogP contribution < -0.4 is 15.5 Å². The summed E-state index contributed by atoms with van der Waals surface area (Å²) in [5.74, 6) is -0.344. The topological polar surface area (TPSA) is 77.6 Å². The first kappa shape index (κ1) is 23.7. The van der Waals surface area contributed by atoms with Crippen molar-refractivity contribution < 1.29 is 14.0 Å². The van der Waals surface area contributed by atoms with Gasteiger partial charge in [0.1, 0.15) is 11.6 Å². The van der Waals surface area contributed by atoms with E-state index in [2.05, 4.69) is 32.3 Å². The van der Waals surface area contributed by atoms with Crippen molar-refractivity contribution in [3.8, 4) is 0 Å². The van der Waals surface area contributed by atoms with E-state index in [-0.39, 0.29) is 11.5 Å². The van der Waals surface area contributed by atoms with E-state index in [1.54, 1.807) is 30.5 Å². The molecule has 7 nitrogen and oxygen atoms in total. The zero-order valence-electron chi connectivity index (χ0n) is 18.7. The molecule has 1 fully saturated rings. The minimum Gasteiger partial charge on any atom is -0.354 e. The summed E-state index contributed by atoms with van der Waals surface area (Å²) in [5.41, 5.74) is 1.49. The average molecular weight is 482 g/mol. The van der Waals surface area contributed by atoms with E-state index in [0.717, 1.165) is 38.5 Å². The maximum Gasteiger partial charge on any atom is 0.257 e. The number of nitrogens with zero attached hydrogens (tertiary/aromatic N) is 3. The number of hydrogen-bond acceptors (Lipinski definition) is 5. The molecule has 1 aliphatic rings. The summed E-state index contributed by atoms with van der Waals surface area (Å²) in [6.07, 6.45) is 1.56. The number of pyridine rings is 1. The number of nitrogens with one attached hydrogen (secondary N) is 2. The molecule has 0 saturated carbocycles. The van der Waals surface area contributed by atoms with Crippen molar-refractivity contribution in [1.29, 1.82) is 0 Å². The second kappa shape index (κ2) is 10.6. The van der Waals surface area contributed by atoms with Crippen molar-refractivity contribution >= 4 is 40.6 Å². The lowest BCUT2D eigenvalue weighted by Crippen LogP contribution is -2.46. The number of amides is 2. The molecule has 0 atom stereocenters. The Labute approximate surface area is 202 Å². The molecule has 3 aromatic rings. The highest BCUT2D eigenvalue weighted by Gasteiger charge is 2.17. The van der Waals surface area contributed by atoms with Crippen LogP contribution in [0.2, 0.25) is 5.02 Å². The molecule has 0 radical (unpaired) electrons. The smallest absolute Gasteiger partial charge is 0.257 e. The Balaban J connectivity index is 1.40. The first-order chi connectivity index (χ1) is 16.4. The Morgan fingerprint density at radius 1 is 0.941 bits per heavy atom. The highest BCUT2D eigenvalue weighted by atomic mass is 35.5. The fourth-order valence-corrected chi connectivity index (χ4v) is 3.86. The van der Waals surface area contributed by atoms with E-state index >= 15 is 0 Å². The van der Waals surface area contributed by atoms with Gasteiger partial charge >= 0.3 is 0 Å². The predicted octanol–water partition coefficient (Wildman–Crippen LogP) is 4.52. The van der Waals surface area contributed by atoms with Gasteiger partial charge in [-0.05, 0) is 61.1 Å². The third-order valence-corrected chi connectivity index (χ3v) is 6.06. The Kier molecular flexibility index (Phi) is 7.40. The lowest BCUT2D eigenvalue weighted by atomic mass is 10.2. The molecular weight excluding hydrogens is 457 g/mol. The lowest BCUT2D eigenvalue weighted by Gasteiger charge is -2.34. The van der Waals surface area contributed by atoms with Gasteiger partial charge in [0.15, 0.2) is 0 Å². The summed E-state index contributed by atoms with van der Waals surface area (Å²) in [7, 11) is 0. The monoisotopic (exact) mass is 481 g/mol. The van der Waals surface area contributed by atoms with Gasteiger partial charge in [0.05, 0.1) is 16.3 Å². The van der Waals surface area contributed by atoms with Crippen molar-refractivity contribution in [2.75, 3.05) is 48.3 Å². The van der Waals surface area contributed by atoms with Crippen LogP contribution in [0, 0.1) is 5.82 Å². The van der Waals surface area contributed by atoms with Crippen molar-refractivity contribution in [2.24, 2.45) is 0 Å². The van der Waals surface area contributed by atoms with Crippen molar-refractivity contribution in [3.05, 3.63) is 82.8 Å². The molecule has 2 amide bonds. The molecule has 0 aliphatic carbocycles. The zero-order chi connectivity index (χ0) is 24.1. The van der Waals surface area contributed by atoms with Crippen LogP contribution in [0.15, 0.2) is 60.8 Å². The Morgan fingerprint density at radius 2 is 1.62 bits per heavy atom. The van der Waals surface area contributed by atoms with Crippen LogP contribution in [0.1, 0.15) is 27.6 Å². The minimum absolute atomic E-state index is 0.286. The van der Waals surface area contributed by atoms with Gasteiger partial charge in [-0.1, -0.05) is 18.5 Å². The summed E-state index contributed by atoms with van der Waals surface area (Å²) in [5, 5.41) is 5.79. The van der Waals surface area contributed by atoms with Gasteiger partial charge in [-0.2, -0.15) is 0 Å². The van der Waals surface area contributed by atoms with Crippen LogP contribution in [-0.2, 0) is 0 Å². The molecule has 0 spiro atoms. The largest absolute Gasteiger partial charge is 0.354 e. The van der Waals surface area contributed by atoms with Crippen molar-refractivity contribution in [2.45, 2.75) is 6.92 Å². The number of benzene rings is 2. The van der Waals surface area contributed by atoms with Crippen molar-refractivity contribution in [1.82, 2.24) is 9.88 Å². The van der Waals surface area contributed by atoms with Gasteiger partial charge < -0.3 is 20.4 Å². The molecule has 1 saturated heterocycles. The van der Waals surface area contributed by atoms with E-state index in [1.807, 2.05) is 6.07 Å². The molecule has 0 bridgehead atoms. The van der Waals surface area contributed by atoms with Gasteiger partial charge in [-0.25, -0.2) is 9.37 Å². The van der Waals surface area contributed by atoms with Gasteiger partial charge in [0.2, 0.25) is 0 Å². The maximum atomic E-state index is 13.1. The van der Waals surface area contributed by atoms with E-state index < -0.39 is 11.7 Å². The Morgan fingerprint density at radius 3 is 2.26 bits per heavy atom. The average Bonchev–Trinajstić information content (AvgIpc) is 2.86. The second-order valence-electron chi connectivity index (χ2n) is 7.94. The SMILES string of the molecule is CCN1CCN(c2ccc(C(=O)Nc3ccc(Cl)c(NC(=O)c4ccc(F)cc4)c3)cn2)CC1. The number of anilines is 3. The van der Waals surface area contributed by atoms with E-state index in [0.29, 0.717) is 22.0 Å². The lowest BCUT2D eigenvalue weighted by molar-refractivity contribution is 0.101. The molecule has 2 heterocycles. The van der Waals surface area contributed by atoms with Crippen LogP contribution in [0.4, 0.5) is 21.6 Å². The fourth-order valence-electron chi connectivity index (χ4n) is 3.70. The second-order valence-corrected chi connectivity index (χ2v) is 8.34. The Bertz CT molecular complexity index is 1160. The van der Waals surface area contributed by atoms with Gasteiger partial charge in [0.25, 0.3) is 11.8 Å². The summed E-state index contributed by atoms with van der Waals surface area (Å²) in [6, 6.07) is 13.6. The highest BCUT2D eigenvalue weighted by Crippen LogP contribution is 2.26. The van der Waals surface area contributed by atoms with Crippen molar-refractivity contribution in [3.63, 3.8) is 0 Å². The van der Waals surface area contributed by atoms with Crippen LogP contribution >= 0.6 is 11.6 Å². The normalized spacial score (nSPS) is 14.0. The first-order valence-electron chi connectivity index (χ1n) is 11.0.